The lowest BCUT2D eigenvalue weighted by Gasteiger charge is -2.27. The summed E-state index contributed by atoms with van der Waals surface area (Å²) >= 11 is 0. The molecule has 0 spiro atoms. The number of H-pyrrole nitrogens is 1. The minimum atomic E-state index is 0.693. The zero-order chi connectivity index (χ0) is 21.3. The molecule has 32 heavy (non-hydrogen) atoms. The SMILES string of the molecule is c1nc2cc(-c3nc(N4CCOCC4)nc4c3cnn4CCN3CCNCC3)ccc2[nH]1. The molecular weight excluding hydrogens is 406 g/mol. The molecule has 1 aromatic carbocycles. The number of aromatic nitrogens is 6. The van der Waals surface area contributed by atoms with Crippen LogP contribution in [-0.2, 0) is 11.3 Å². The van der Waals surface area contributed by atoms with Gasteiger partial charge in [0.15, 0.2) is 5.65 Å². The second-order valence-corrected chi connectivity index (χ2v) is 8.30. The van der Waals surface area contributed by atoms with E-state index in [1.807, 2.05) is 10.9 Å². The van der Waals surface area contributed by atoms with E-state index in [4.69, 9.17) is 19.8 Å². The first-order valence-electron chi connectivity index (χ1n) is 11.3. The molecule has 5 heterocycles. The molecular formula is C22H27N9O. The maximum absolute atomic E-state index is 5.54. The van der Waals surface area contributed by atoms with Gasteiger partial charge in [-0.2, -0.15) is 10.1 Å². The van der Waals surface area contributed by atoms with Crippen LogP contribution in [0.3, 0.4) is 0 Å². The summed E-state index contributed by atoms with van der Waals surface area (Å²) in [5.41, 5.74) is 4.74. The van der Waals surface area contributed by atoms with Gasteiger partial charge in [0.2, 0.25) is 5.95 Å². The lowest BCUT2D eigenvalue weighted by atomic mass is 10.1. The number of anilines is 1. The summed E-state index contributed by atoms with van der Waals surface area (Å²) in [5.74, 6) is 0.738. The van der Waals surface area contributed by atoms with Crippen LogP contribution in [-0.4, -0.2) is 93.6 Å². The Hall–Kier alpha value is -3.08. The average molecular weight is 434 g/mol. The van der Waals surface area contributed by atoms with Gasteiger partial charge in [-0.05, 0) is 12.1 Å². The van der Waals surface area contributed by atoms with Crippen molar-refractivity contribution in [3.8, 4) is 11.3 Å². The second kappa shape index (κ2) is 8.45. The van der Waals surface area contributed by atoms with E-state index < -0.39 is 0 Å². The number of hydrogen-bond donors (Lipinski definition) is 2. The Morgan fingerprint density at radius 3 is 2.75 bits per heavy atom. The van der Waals surface area contributed by atoms with Crippen LogP contribution >= 0.6 is 0 Å². The highest BCUT2D eigenvalue weighted by molar-refractivity contribution is 5.93. The fourth-order valence-corrected chi connectivity index (χ4v) is 4.48. The highest BCUT2D eigenvalue weighted by Crippen LogP contribution is 2.30. The Bertz CT molecular complexity index is 1220. The van der Waals surface area contributed by atoms with Gasteiger partial charge < -0.3 is 19.9 Å². The number of rotatable bonds is 5. The van der Waals surface area contributed by atoms with Crippen LogP contribution in [0.1, 0.15) is 0 Å². The zero-order valence-corrected chi connectivity index (χ0v) is 18.0. The Morgan fingerprint density at radius 1 is 1.00 bits per heavy atom. The van der Waals surface area contributed by atoms with Crippen LogP contribution in [0.25, 0.3) is 33.3 Å². The van der Waals surface area contributed by atoms with Crippen molar-refractivity contribution in [1.29, 1.82) is 0 Å². The molecule has 0 aliphatic carbocycles. The minimum Gasteiger partial charge on any atom is -0.378 e. The smallest absolute Gasteiger partial charge is 0.228 e. The Balaban J connectivity index is 1.41. The summed E-state index contributed by atoms with van der Waals surface area (Å²) in [5, 5.41) is 9.09. The Labute approximate surface area is 185 Å². The monoisotopic (exact) mass is 433 g/mol. The molecule has 2 saturated heterocycles. The first-order chi connectivity index (χ1) is 15.8. The van der Waals surface area contributed by atoms with Gasteiger partial charge in [0, 0.05) is 51.4 Å². The highest BCUT2D eigenvalue weighted by Gasteiger charge is 2.20. The molecule has 6 rings (SSSR count). The molecule has 3 aromatic heterocycles. The van der Waals surface area contributed by atoms with Gasteiger partial charge in [-0.3, -0.25) is 4.90 Å². The van der Waals surface area contributed by atoms with Crippen molar-refractivity contribution in [3.63, 3.8) is 0 Å². The molecule has 10 nitrogen and oxygen atoms in total. The fourth-order valence-electron chi connectivity index (χ4n) is 4.48. The molecule has 2 N–H and O–H groups in total. The van der Waals surface area contributed by atoms with Crippen LogP contribution < -0.4 is 10.2 Å². The topological polar surface area (TPSA) is 100 Å². The van der Waals surface area contributed by atoms with Crippen molar-refractivity contribution in [3.05, 3.63) is 30.7 Å². The predicted octanol–water partition coefficient (Wildman–Crippen LogP) is 1.11. The van der Waals surface area contributed by atoms with Crippen LogP contribution in [0.15, 0.2) is 30.7 Å². The number of nitrogens with one attached hydrogen (secondary N) is 2. The summed E-state index contributed by atoms with van der Waals surface area (Å²) in [7, 11) is 0. The largest absolute Gasteiger partial charge is 0.378 e. The van der Waals surface area contributed by atoms with E-state index in [1.165, 1.54) is 0 Å². The number of piperazine rings is 1. The molecule has 0 radical (unpaired) electrons. The van der Waals surface area contributed by atoms with Crippen LogP contribution in [0.2, 0.25) is 0 Å². The van der Waals surface area contributed by atoms with Crippen molar-refractivity contribution in [2.24, 2.45) is 0 Å². The number of benzene rings is 1. The molecule has 166 valence electrons. The van der Waals surface area contributed by atoms with Gasteiger partial charge in [-0.15, -0.1) is 0 Å². The Kier molecular flexibility index (Phi) is 5.18. The fraction of sp³-hybridized carbons (Fsp3) is 0.455. The molecule has 0 amide bonds. The molecule has 2 aliphatic heterocycles. The summed E-state index contributed by atoms with van der Waals surface area (Å²) in [6.07, 6.45) is 3.62. The molecule has 2 aliphatic rings. The molecule has 10 heteroatoms. The quantitative estimate of drug-likeness (QED) is 0.483. The van der Waals surface area contributed by atoms with Gasteiger partial charge in [-0.1, -0.05) is 6.07 Å². The van der Waals surface area contributed by atoms with Gasteiger partial charge in [0.25, 0.3) is 0 Å². The summed E-state index contributed by atoms with van der Waals surface area (Å²) in [6, 6.07) is 6.22. The maximum Gasteiger partial charge on any atom is 0.228 e. The molecule has 0 bridgehead atoms. The zero-order valence-electron chi connectivity index (χ0n) is 18.0. The lowest BCUT2D eigenvalue weighted by Crippen LogP contribution is -2.44. The van der Waals surface area contributed by atoms with E-state index in [-0.39, 0.29) is 0 Å². The lowest BCUT2D eigenvalue weighted by molar-refractivity contribution is 0.122. The summed E-state index contributed by atoms with van der Waals surface area (Å²) in [4.78, 5) is 22.2. The van der Waals surface area contributed by atoms with E-state index in [2.05, 4.69) is 43.3 Å². The number of ether oxygens (including phenoxy) is 1. The number of hydrogen-bond acceptors (Lipinski definition) is 8. The highest BCUT2D eigenvalue weighted by atomic mass is 16.5. The average Bonchev–Trinajstić information content (AvgIpc) is 3.50. The second-order valence-electron chi connectivity index (χ2n) is 8.30. The van der Waals surface area contributed by atoms with E-state index in [0.717, 1.165) is 91.6 Å². The standard InChI is InChI=1S/C22H27N9O/c1-2-18-19(25-15-24-18)13-16(1)20-17-14-26-31(8-7-29-5-3-23-4-6-29)21(17)28-22(27-20)30-9-11-32-12-10-30/h1-2,13-15,23H,3-12H2,(H,24,25). The summed E-state index contributed by atoms with van der Waals surface area (Å²) in [6.45, 7) is 8.97. The predicted molar refractivity (Wildman–Crippen MR) is 123 cm³/mol. The van der Waals surface area contributed by atoms with Gasteiger partial charge in [0.1, 0.15) is 0 Å². The van der Waals surface area contributed by atoms with Crippen LogP contribution in [0.5, 0.6) is 0 Å². The van der Waals surface area contributed by atoms with Crippen molar-refractivity contribution in [2.75, 3.05) is 63.9 Å². The summed E-state index contributed by atoms with van der Waals surface area (Å²) < 4.78 is 7.57. The minimum absolute atomic E-state index is 0.693. The van der Waals surface area contributed by atoms with Crippen LogP contribution in [0, 0.1) is 0 Å². The van der Waals surface area contributed by atoms with Gasteiger partial charge in [-0.25, -0.2) is 14.6 Å². The first kappa shape index (κ1) is 19.6. The van der Waals surface area contributed by atoms with E-state index in [9.17, 15) is 0 Å². The third kappa shape index (κ3) is 3.70. The van der Waals surface area contributed by atoms with Gasteiger partial charge in [0.05, 0.1) is 54.4 Å². The molecule has 0 unspecified atom stereocenters. The van der Waals surface area contributed by atoms with Crippen LogP contribution in [0.4, 0.5) is 5.95 Å². The number of imidazole rings is 1. The first-order valence-corrected chi connectivity index (χ1v) is 11.3. The molecule has 0 saturated carbocycles. The number of morpholine rings is 1. The molecule has 4 aromatic rings. The third-order valence-electron chi connectivity index (χ3n) is 6.31. The number of nitrogens with zero attached hydrogens (tertiary/aromatic N) is 7. The number of aromatic amines is 1. The van der Waals surface area contributed by atoms with Crippen molar-refractivity contribution in [2.45, 2.75) is 6.54 Å². The number of fused-ring (bicyclic) bond motifs is 2. The maximum atomic E-state index is 5.54. The molecule has 0 atom stereocenters. The van der Waals surface area contributed by atoms with Gasteiger partial charge >= 0.3 is 0 Å². The normalized spacial score (nSPS) is 18.1. The van der Waals surface area contributed by atoms with Crippen molar-refractivity contribution < 1.29 is 4.74 Å². The van der Waals surface area contributed by atoms with Crippen molar-refractivity contribution >= 4 is 28.0 Å². The van der Waals surface area contributed by atoms with E-state index in [0.29, 0.717) is 13.2 Å². The third-order valence-corrected chi connectivity index (χ3v) is 6.31. The van der Waals surface area contributed by atoms with E-state index >= 15 is 0 Å². The molecule has 2 fully saturated rings. The van der Waals surface area contributed by atoms with Crippen molar-refractivity contribution in [1.82, 2.24) is 39.9 Å². The van der Waals surface area contributed by atoms with E-state index in [1.54, 1.807) is 6.33 Å². The Morgan fingerprint density at radius 2 is 1.88 bits per heavy atom.